The highest BCUT2D eigenvalue weighted by Crippen LogP contribution is 2.38. The Bertz CT molecular complexity index is 1130. The molecule has 0 spiro atoms. The average molecular weight is 465 g/mol. The van der Waals surface area contributed by atoms with Crippen molar-refractivity contribution >= 4 is 0 Å². The molecule has 1 fully saturated rings. The molecule has 178 valence electrons. The van der Waals surface area contributed by atoms with Crippen LogP contribution in [0.1, 0.15) is 56.9 Å². The van der Waals surface area contributed by atoms with Gasteiger partial charge < -0.3 is 4.74 Å². The van der Waals surface area contributed by atoms with Gasteiger partial charge in [-0.1, -0.05) is 62.2 Å². The maximum Gasteiger partial charge on any atom is 0.201 e. The first-order valence-electron chi connectivity index (χ1n) is 12.1. The molecule has 1 aliphatic carbocycles. The van der Waals surface area contributed by atoms with Crippen LogP contribution in [-0.4, -0.2) is 6.61 Å². The molecular formula is C30H31F3O. The van der Waals surface area contributed by atoms with Gasteiger partial charge in [0.25, 0.3) is 0 Å². The number of unbranched alkanes of at least 4 members (excludes halogenated alkanes) is 1. The Kier molecular flexibility index (Phi) is 7.77. The zero-order chi connectivity index (χ0) is 24.1. The molecule has 1 aliphatic rings. The molecule has 4 heteroatoms. The molecule has 1 saturated carbocycles. The van der Waals surface area contributed by atoms with E-state index in [0.717, 1.165) is 54.7 Å². The van der Waals surface area contributed by atoms with Crippen LogP contribution in [0.2, 0.25) is 0 Å². The molecule has 3 aromatic rings. The van der Waals surface area contributed by atoms with Crippen LogP contribution in [0, 0.1) is 23.4 Å². The quantitative estimate of drug-likeness (QED) is 0.239. The topological polar surface area (TPSA) is 9.23 Å². The summed E-state index contributed by atoms with van der Waals surface area (Å²) in [6, 6.07) is 15.5. The van der Waals surface area contributed by atoms with Crippen LogP contribution in [0.25, 0.3) is 22.3 Å². The molecule has 0 amide bonds. The van der Waals surface area contributed by atoms with E-state index in [1.54, 1.807) is 24.3 Å². The fourth-order valence-corrected chi connectivity index (χ4v) is 4.73. The molecule has 1 nitrogen and oxygen atoms in total. The van der Waals surface area contributed by atoms with Crippen LogP contribution in [0.5, 0.6) is 5.75 Å². The highest BCUT2D eigenvalue weighted by molar-refractivity contribution is 5.71. The zero-order valence-corrected chi connectivity index (χ0v) is 19.6. The van der Waals surface area contributed by atoms with E-state index in [-0.39, 0.29) is 17.1 Å². The Labute approximate surface area is 200 Å². The van der Waals surface area contributed by atoms with Gasteiger partial charge in [0.15, 0.2) is 11.6 Å². The van der Waals surface area contributed by atoms with Crippen molar-refractivity contribution in [1.29, 1.82) is 0 Å². The number of rotatable bonds is 8. The summed E-state index contributed by atoms with van der Waals surface area (Å²) in [7, 11) is 0. The SMILES string of the molecule is C=CCCCOc1ccc(-c2ccc(-c3ccc(C4CCC(C)CC4)c(F)c3)cc2)c(F)c1F. The molecule has 0 aromatic heterocycles. The lowest BCUT2D eigenvalue weighted by Gasteiger charge is -2.26. The van der Waals surface area contributed by atoms with Crippen molar-refractivity contribution < 1.29 is 17.9 Å². The molecule has 4 rings (SSSR count). The van der Waals surface area contributed by atoms with Gasteiger partial charge in [-0.2, -0.15) is 4.39 Å². The lowest BCUT2D eigenvalue weighted by molar-refractivity contribution is 0.291. The third-order valence-electron chi connectivity index (χ3n) is 6.84. The lowest BCUT2D eigenvalue weighted by atomic mass is 9.79. The fourth-order valence-electron chi connectivity index (χ4n) is 4.73. The van der Waals surface area contributed by atoms with Crippen LogP contribution in [0.15, 0.2) is 67.3 Å². The van der Waals surface area contributed by atoms with Gasteiger partial charge in [-0.3, -0.25) is 0 Å². The van der Waals surface area contributed by atoms with Crippen LogP contribution in [0.4, 0.5) is 13.2 Å². The van der Waals surface area contributed by atoms with E-state index in [9.17, 15) is 13.2 Å². The van der Waals surface area contributed by atoms with E-state index in [2.05, 4.69) is 13.5 Å². The second-order valence-electron chi connectivity index (χ2n) is 9.29. The van der Waals surface area contributed by atoms with Gasteiger partial charge in [0.1, 0.15) is 5.82 Å². The molecule has 0 aliphatic heterocycles. The number of benzene rings is 3. The summed E-state index contributed by atoms with van der Waals surface area (Å²) in [5, 5.41) is 0. The maximum absolute atomic E-state index is 14.9. The smallest absolute Gasteiger partial charge is 0.201 e. The van der Waals surface area contributed by atoms with Gasteiger partial charge in [0.05, 0.1) is 6.61 Å². The second-order valence-corrected chi connectivity index (χ2v) is 9.29. The Balaban J connectivity index is 1.49. The van der Waals surface area contributed by atoms with Gasteiger partial charge in [0, 0.05) is 5.56 Å². The van der Waals surface area contributed by atoms with E-state index in [4.69, 9.17) is 4.74 Å². The van der Waals surface area contributed by atoms with Crippen molar-refractivity contribution in [3.8, 4) is 28.0 Å². The fraction of sp³-hybridized carbons (Fsp3) is 0.333. The van der Waals surface area contributed by atoms with Crippen LogP contribution in [0.3, 0.4) is 0 Å². The van der Waals surface area contributed by atoms with E-state index in [1.807, 2.05) is 24.3 Å². The normalized spacial score (nSPS) is 18.0. The Hall–Kier alpha value is -3.01. The van der Waals surface area contributed by atoms with Gasteiger partial charge in [-0.25, -0.2) is 8.78 Å². The number of allylic oxidation sites excluding steroid dienone is 1. The molecule has 3 aromatic carbocycles. The minimum atomic E-state index is -0.991. The van der Waals surface area contributed by atoms with E-state index < -0.39 is 11.6 Å². The summed E-state index contributed by atoms with van der Waals surface area (Å²) in [4.78, 5) is 0. The summed E-state index contributed by atoms with van der Waals surface area (Å²) in [5.74, 6) is -1.18. The van der Waals surface area contributed by atoms with Crippen molar-refractivity contribution in [2.24, 2.45) is 5.92 Å². The third-order valence-corrected chi connectivity index (χ3v) is 6.84. The molecule has 0 bridgehead atoms. The summed E-state index contributed by atoms with van der Waals surface area (Å²) < 4.78 is 49.5. The highest BCUT2D eigenvalue weighted by atomic mass is 19.2. The minimum absolute atomic E-state index is 0.0927. The number of ether oxygens (including phenoxy) is 1. The third kappa shape index (κ3) is 5.38. The van der Waals surface area contributed by atoms with Gasteiger partial charge in [0.2, 0.25) is 5.82 Å². The Morgan fingerprint density at radius 2 is 1.53 bits per heavy atom. The van der Waals surface area contributed by atoms with Crippen molar-refractivity contribution in [2.45, 2.75) is 51.4 Å². The van der Waals surface area contributed by atoms with Gasteiger partial charge in [-0.05, 0) is 78.0 Å². The zero-order valence-electron chi connectivity index (χ0n) is 19.6. The van der Waals surface area contributed by atoms with Crippen LogP contribution in [-0.2, 0) is 0 Å². The minimum Gasteiger partial charge on any atom is -0.490 e. The summed E-state index contributed by atoms with van der Waals surface area (Å²) in [6.45, 7) is 6.18. The number of hydrogen-bond acceptors (Lipinski definition) is 1. The molecule has 0 saturated heterocycles. The maximum atomic E-state index is 14.9. The summed E-state index contributed by atoms with van der Waals surface area (Å²) >= 11 is 0. The first-order chi connectivity index (χ1) is 16.5. The van der Waals surface area contributed by atoms with Crippen LogP contribution < -0.4 is 4.74 Å². The summed E-state index contributed by atoms with van der Waals surface area (Å²) in [5.41, 5.74) is 3.11. The largest absolute Gasteiger partial charge is 0.490 e. The monoisotopic (exact) mass is 464 g/mol. The lowest BCUT2D eigenvalue weighted by Crippen LogP contribution is -2.12. The first-order valence-corrected chi connectivity index (χ1v) is 12.1. The molecule has 0 N–H and O–H groups in total. The molecular weight excluding hydrogens is 433 g/mol. The average Bonchev–Trinajstić information content (AvgIpc) is 2.85. The molecule has 0 heterocycles. The first kappa shape index (κ1) is 24.1. The predicted molar refractivity (Wildman–Crippen MR) is 132 cm³/mol. The standard InChI is InChI=1S/C30H31F3O/c1-3-4-5-18-34-28-17-16-26(29(32)30(28)33)23-12-10-21(11-13-23)24-14-15-25(27(31)19-24)22-8-6-20(2)7-9-22/h3,10-17,19-20,22H,1,4-9,18H2,2H3. The van der Waals surface area contributed by atoms with Crippen molar-refractivity contribution in [3.63, 3.8) is 0 Å². The molecule has 0 radical (unpaired) electrons. The van der Waals surface area contributed by atoms with Crippen molar-refractivity contribution in [2.75, 3.05) is 6.61 Å². The molecule has 34 heavy (non-hydrogen) atoms. The van der Waals surface area contributed by atoms with Crippen molar-refractivity contribution in [1.82, 2.24) is 0 Å². The second kappa shape index (κ2) is 10.9. The van der Waals surface area contributed by atoms with E-state index in [1.165, 1.54) is 12.1 Å². The van der Waals surface area contributed by atoms with Crippen molar-refractivity contribution in [3.05, 3.63) is 90.3 Å². The summed E-state index contributed by atoms with van der Waals surface area (Å²) in [6.07, 6.45) is 7.56. The van der Waals surface area contributed by atoms with Gasteiger partial charge >= 0.3 is 0 Å². The Morgan fingerprint density at radius 1 is 0.853 bits per heavy atom. The van der Waals surface area contributed by atoms with E-state index >= 15 is 0 Å². The molecule has 0 atom stereocenters. The predicted octanol–water partition coefficient (Wildman–Crippen LogP) is 9.08. The highest BCUT2D eigenvalue weighted by Gasteiger charge is 2.22. The molecule has 0 unspecified atom stereocenters. The Morgan fingerprint density at radius 3 is 2.21 bits per heavy atom. The van der Waals surface area contributed by atoms with Crippen LogP contribution >= 0.6 is 0 Å². The van der Waals surface area contributed by atoms with E-state index in [0.29, 0.717) is 24.5 Å². The number of hydrogen-bond donors (Lipinski definition) is 0. The van der Waals surface area contributed by atoms with Gasteiger partial charge in [-0.15, -0.1) is 6.58 Å². The number of halogens is 3.